The first-order valence-corrected chi connectivity index (χ1v) is 9.89. The maximum Gasteiger partial charge on any atom is 0.0232 e. The van der Waals surface area contributed by atoms with Gasteiger partial charge in [-0.05, 0) is 31.2 Å². The molecule has 148 valence electrons. The van der Waals surface area contributed by atoms with E-state index in [0.29, 0.717) is 0 Å². The van der Waals surface area contributed by atoms with Crippen molar-refractivity contribution in [3.05, 3.63) is 24.6 Å². The van der Waals surface area contributed by atoms with Crippen LogP contribution < -0.4 is 0 Å². The molecule has 0 N–H and O–H groups in total. The van der Waals surface area contributed by atoms with E-state index in [0.717, 1.165) is 5.92 Å². The van der Waals surface area contributed by atoms with Gasteiger partial charge in [0.1, 0.15) is 0 Å². The standard InChI is InChI=1S/C8H15N.C5H9N.C4H10.2C2H6.CH4/c1-3-4-8-5-6-9(2)7-8;1-6-4-2-3-5-6;1-3-4-2;2*1-2;/h5-6,8H,3-4,7H2,1-2H3;2,4H,3,5H2,1H3;3-4H2,1-2H3;2*1-2H3;1H4. The fraction of sp³-hybridized carbons (Fsp3) is 0.818. The van der Waals surface area contributed by atoms with Crippen molar-refractivity contribution in [3.8, 4) is 0 Å². The molecule has 0 saturated heterocycles. The van der Waals surface area contributed by atoms with Crippen LogP contribution in [0.1, 0.15) is 88.0 Å². The van der Waals surface area contributed by atoms with Gasteiger partial charge in [0.25, 0.3) is 0 Å². The van der Waals surface area contributed by atoms with E-state index in [1.165, 1.54) is 45.2 Å². The molecule has 2 aliphatic rings. The third-order valence-corrected chi connectivity index (χ3v) is 3.30. The Morgan fingerprint density at radius 3 is 1.58 bits per heavy atom. The smallest absolute Gasteiger partial charge is 0.0232 e. The predicted molar refractivity (Wildman–Crippen MR) is 117 cm³/mol. The first-order chi connectivity index (χ1) is 11.1. The third-order valence-electron chi connectivity index (χ3n) is 3.30. The molecule has 0 aromatic rings. The Balaban J connectivity index is -0.000000117. The van der Waals surface area contributed by atoms with Crippen molar-refractivity contribution in [2.45, 2.75) is 88.0 Å². The van der Waals surface area contributed by atoms with Crippen LogP contribution in [0.2, 0.25) is 0 Å². The second kappa shape index (κ2) is 27.0. The lowest BCUT2D eigenvalue weighted by atomic mass is 10.1. The van der Waals surface area contributed by atoms with Crippen LogP contribution in [0.4, 0.5) is 0 Å². The summed E-state index contributed by atoms with van der Waals surface area (Å²) in [6, 6.07) is 0. The molecular weight excluding hydrogens is 292 g/mol. The van der Waals surface area contributed by atoms with E-state index in [1.54, 1.807) is 0 Å². The highest BCUT2D eigenvalue weighted by Gasteiger charge is 2.10. The van der Waals surface area contributed by atoms with E-state index in [9.17, 15) is 0 Å². The summed E-state index contributed by atoms with van der Waals surface area (Å²) >= 11 is 0. The van der Waals surface area contributed by atoms with E-state index < -0.39 is 0 Å². The minimum Gasteiger partial charge on any atom is -0.380 e. The minimum absolute atomic E-state index is 0. The van der Waals surface area contributed by atoms with E-state index in [4.69, 9.17) is 0 Å². The maximum absolute atomic E-state index is 2.31. The Morgan fingerprint density at radius 1 is 0.833 bits per heavy atom. The number of hydrogen-bond acceptors (Lipinski definition) is 2. The molecule has 0 fully saturated rings. The summed E-state index contributed by atoms with van der Waals surface area (Å²) in [5.41, 5.74) is 0. The van der Waals surface area contributed by atoms with Gasteiger partial charge < -0.3 is 9.80 Å². The minimum atomic E-state index is 0. The Morgan fingerprint density at radius 2 is 1.38 bits per heavy atom. The fourth-order valence-corrected chi connectivity index (χ4v) is 1.93. The molecule has 2 heterocycles. The summed E-state index contributed by atoms with van der Waals surface area (Å²) in [4.78, 5) is 4.43. The Hall–Kier alpha value is -0.920. The number of hydrogen-bond donors (Lipinski definition) is 0. The SMILES string of the molecule is C.CC.CC.CCCC.CCCC1C=CN(C)C1.CN1C=CCC1. The predicted octanol–water partition coefficient (Wildman–Crippen LogP) is 7.19. The van der Waals surface area contributed by atoms with Gasteiger partial charge >= 0.3 is 0 Å². The summed E-state index contributed by atoms with van der Waals surface area (Å²) in [5.74, 6) is 0.833. The van der Waals surface area contributed by atoms with Gasteiger partial charge in [-0.2, -0.15) is 0 Å². The van der Waals surface area contributed by atoms with E-state index in [1.807, 2.05) is 27.7 Å². The van der Waals surface area contributed by atoms with Crippen molar-refractivity contribution in [1.82, 2.24) is 9.80 Å². The molecule has 2 rings (SSSR count). The Bertz CT molecular complexity index is 244. The van der Waals surface area contributed by atoms with Gasteiger partial charge in [-0.3, -0.25) is 0 Å². The van der Waals surface area contributed by atoms with Gasteiger partial charge in [0.05, 0.1) is 0 Å². The van der Waals surface area contributed by atoms with Gasteiger partial charge in [-0.25, -0.2) is 0 Å². The lowest BCUT2D eigenvalue weighted by Gasteiger charge is -2.10. The third kappa shape index (κ3) is 23.3. The lowest BCUT2D eigenvalue weighted by Crippen LogP contribution is -2.12. The Labute approximate surface area is 156 Å². The second-order valence-corrected chi connectivity index (χ2v) is 5.48. The molecule has 1 unspecified atom stereocenters. The first kappa shape index (κ1) is 30.9. The van der Waals surface area contributed by atoms with Gasteiger partial charge in [0.15, 0.2) is 0 Å². The van der Waals surface area contributed by atoms with Gasteiger partial charge in [0.2, 0.25) is 0 Å². The molecule has 0 bridgehead atoms. The van der Waals surface area contributed by atoms with Crippen LogP contribution in [0.15, 0.2) is 24.6 Å². The van der Waals surface area contributed by atoms with Crippen LogP contribution in [0.3, 0.4) is 0 Å². The molecule has 2 heteroatoms. The molecule has 0 saturated carbocycles. The van der Waals surface area contributed by atoms with Gasteiger partial charge in [-0.15, -0.1) is 0 Å². The molecule has 0 spiro atoms. The van der Waals surface area contributed by atoms with Crippen molar-refractivity contribution in [3.63, 3.8) is 0 Å². The average Bonchev–Trinajstić information content (AvgIpc) is 3.24. The van der Waals surface area contributed by atoms with Crippen LogP contribution in [0, 0.1) is 5.92 Å². The van der Waals surface area contributed by atoms with Crippen LogP contribution >= 0.6 is 0 Å². The van der Waals surface area contributed by atoms with Gasteiger partial charge in [-0.1, -0.05) is 87.3 Å². The fourth-order valence-electron chi connectivity index (χ4n) is 1.93. The van der Waals surface area contributed by atoms with Crippen molar-refractivity contribution in [2.24, 2.45) is 5.92 Å². The van der Waals surface area contributed by atoms with Crippen LogP contribution in [0.5, 0.6) is 0 Å². The molecule has 2 aliphatic heterocycles. The first-order valence-electron chi connectivity index (χ1n) is 9.89. The second-order valence-electron chi connectivity index (χ2n) is 5.48. The zero-order chi connectivity index (χ0) is 18.5. The van der Waals surface area contributed by atoms with Gasteiger partial charge in [0, 0.05) is 27.2 Å². The van der Waals surface area contributed by atoms with Crippen LogP contribution in [0.25, 0.3) is 0 Å². The van der Waals surface area contributed by atoms with E-state index in [2.05, 4.69) is 69.2 Å². The van der Waals surface area contributed by atoms with Crippen molar-refractivity contribution >= 4 is 0 Å². The average molecular weight is 343 g/mol. The summed E-state index contributed by atoms with van der Waals surface area (Å²) < 4.78 is 0. The van der Waals surface area contributed by atoms with Crippen LogP contribution in [-0.2, 0) is 0 Å². The van der Waals surface area contributed by atoms with Crippen molar-refractivity contribution in [2.75, 3.05) is 27.2 Å². The summed E-state index contributed by atoms with van der Waals surface area (Å²) in [6.07, 6.45) is 15.3. The highest BCUT2D eigenvalue weighted by atomic mass is 15.1. The number of rotatable bonds is 3. The van der Waals surface area contributed by atoms with Crippen molar-refractivity contribution in [1.29, 1.82) is 0 Å². The molecule has 2 nitrogen and oxygen atoms in total. The molecule has 24 heavy (non-hydrogen) atoms. The highest BCUT2D eigenvalue weighted by molar-refractivity contribution is 4.96. The van der Waals surface area contributed by atoms with Crippen LogP contribution in [-0.4, -0.2) is 37.0 Å². The van der Waals surface area contributed by atoms with E-state index in [-0.39, 0.29) is 7.43 Å². The van der Waals surface area contributed by atoms with Crippen molar-refractivity contribution < 1.29 is 0 Å². The number of unbranched alkanes of at least 4 members (excludes halogenated alkanes) is 1. The molecule has 0 aromatic heterocycles. The summed E-state index contributed by atoms with van der Waals surface area (Å²) in [6.45, 7) is 17.0. The maximum atomic E-state index is 2.31. The zero-order valence-corrected chi connectivity index (χ0v) is 17.7. The lowest BCUT2D eigenvalue weighted by molar-refractivity contribution is 0.421. The molecule has 0 aliphatic carbocycles. The summed E-state index contributed by atoms with van der Waals surface area (Å²) in [5, 5.41) is 0. The quantitative estimate of drug-likeness (QED) is 0.535. The summed E-state index contributed by atoms with van der Waals surface area (Å²) in [7, 11) is 4.22. The molecule has 0 amide bonds. The number of nitrogens with zero attached hydrogens (tertiary/aromatic N) is 2. The monoisotopic (exact) mass is 342 g/mol. The zero-order valence-electron chi connectivity index (χ0n) is 17.7. The molecular formula is C22H50N2. The Kier molecular flexibility index (Phi) is 34.7. The van der Waals surface area contributed by atoms with E-state index >= 15 is 0 Å². The largest absolute Gasteiger partial charge is 0.380 e. The molecule has 0 radical (unpaired) electrons. The molecule has 1 atom stereocenters. The highest BCUT2D eigenvalue weighted by Crippen LogP contribution is 2.15. The molecule has 0 aromatic carbocycles. The topological polar surface area (TPSA) is 6.48 Å². The normalized spacial score (nSPS) is 16.3.